The number of hydrogen-bond acceptors (Lipinski definition) is 4. The highest BCUT2D eigenvalue weighted by Crippen LogP contribution is 2.21. The number of aromatic nitrogens is 3. The molecule has 0 amide bonds. The van der Waals surface area contributed by atoms with Gasteiger partial charge in [0.15, 0.2) is 5.65 Å². The molecular formula is C14H19BrClN5. The van der Waals surface area contributed by atoms with Crippen LogP contribution < -0.4 is 0 Å². The predicted octanol–water partition coefficient (Wildman–Crippen LogP) is 2.18. The molecule has 1 fully saturated rings. The lowest BCUT2D eigenvalue weighted by atomic mass is 10.2. The highest BCUT2D eigenvalue weighted by Gasteiger charge is 2.24. The molecule has 7 heteroatoms. The molecule has 1 unspecified atom stereocenters. The summed E-state index contributed by atoms with van der Waals surface area (Å²) in [5, 5.41) is 0. The van der Waals surface area contributed by atoms with Gasteiger partial charge in [0.1, 0.15) is 11.3 Å². The van der Waals surface area contributed by atoms with Crippen molar-refractivity contribution in [1.82, 2.24) is 24.3 Å². The van der Waals surface area contributed by atoms with E-state index in [0.29, 0.717) is 11.9 Å². The van der Waals surface area contributed by atoms with Gasteiger partial charge in [0.05, 0.1) is 5.88 Å². The van der Waals surface area contributed by atoms with E-state index in [-0.39, 0.29) is 0 Å². The Morgan fingerprint density at radius 3 is 2.95 bits per heavy atom. The van der Waals surface area contributed by atoms with Crippen LogP contribution in [0.4, 0.5) is 0 Å². The summed E-state index contributed by atoms with van der Waals surface area (Å²) in [5.41, 5.74) is 1.81. The molecule has 0 N–H and O–H groups in total. The Balaban J connectivity index is 1.95. The molecule has 21 heavy (non-hydrogen) atoms. The molecule has 0 bridgehead atoms. The van der Waals surface area contributed by atoms with E-state index in [1.165, 1.54) is 0 Å². The zero-order chi connectivity index (χ0) is 15.0. The van der Waals surface area contributed by atoms with Crippen LogP contribution >= 0.6 is 27.5 Å². The Bertz CT molecular complexity index is 644. The van der Waals surface area contributed by atoms with Crippen molar-refractivity contribution in [3.63, 3.8) is 0 Å². The van der Waals surface area contributed by atoms with Gasteiger partial charge in [-0.15, -0.1) is 11.6 Å². The predicted molar refractivity (Wildman–Crippen MR) is 88.7 cm³/mol. The fourth-order valence-electron chi connectivity index (χ4n) is 2.84. The van der Waals surface area contributed by atoms with Gasteiger partial charge in [-0.05, 0) is 36.1 Å². The maximum Gasteiger partial charge on any atom is 0.160 e. The van der Waals surface area contributed by atoms with Gasteiger partial charge in [-0.2, -0.15) is 0 Å². The summed E-state index contributed by atoms with van der Waals surface area (Å²) in [6.45, 7) is 4.12. The van der Waals surface area contributed by atoms with Gasteiger partial charge in [0, 0.05) is 42.9 Å². The molecule has 2 aromatic rings. The van der Waals surface area contributed by atoms with E-state index in [1.807, 2.05) is 12.3 Å². The van der Waals surface area contributed by atoms with E-state index in [2.05, 4.69) is 54.4 Å². The van der Waals surface area contributed by atoms with Crippen LogP contribution in [0, 0.1) is 0 Å². The summed E-state index contributed by atoms with van der Waals surface area (Å²) in [6, 6.07) is 2.44. The molecule has 1 aliphatic heterocycles. The van der Waals surface area contributed by atoms with Crippen LogP contribution in [0.1, 0.15) is 5.82 Å². The number of nitrogens with zero attached hydrogens (tertiary/aromatic N) is 5. The number of imidazole rings is 1. The molecule has 114 valence electrons. The molecule has 1 atom stereocenters. The SMILES string of the molecule is CN1CCN(C)C(Cn2c(CCl)nc3cc(Br)cnc32)C1. The number of likely N-dealkylation sites (N-methyl/N-ethyl adjacent to an activating group) is 2. The Morgan fingerprint density at radius 1 is 1.38 bits per heavy atom. The van der Waals surface area contributed by atoms with Gasteiger partial charge in [-0.25, -0.2) is 9.97 Å². The molecule has 3 heterocycles. The monoisotopic (exact) mass is 371 g/mol. The van der Waals surface area contributed by atoms with Crippen molar-refractivity contribution < 1.29 is 0 Å². The fourth-order valence-corrected chi connectivity index (χ4v) is 3.36. The van der Waals surface area contributed by atoms with Gasteiger partial charge >= 0.3 is 0 Å². The van der Waals surface area contributed by atoms with Gasteiger partial charge in [0.2, 0.25) is 0 Å². The second-order valence-electron chi connectivity index (χ2n) is 5.67. The van der Waals surface area contributed by atoms with Crippen molar-refractivity contribution in [1.29, 1.82) is 0 Å². The summed E-state index contributed by atoms with van der Waals surface area (Å²) in [7, 11) is 4.35. The molecule has 0 aliphatic carbocycles. The average molecular weight is 373 g/mol. The third-order valence-electron chi connectivity index (χ3n) is 4.12. The molecule has 0 aromatic carbocycles. The van der Waals surface area contributed by atoms with Crippen LogP contribution in [-0.4, -0.2) is 64.1 Å². The van der Waals surface area contributed by atoms with Crippen molar-refractivity contribution >= 4 is 38.7 Å². The lowest BCUT2D eigenvalue weighted by molar-refractivity contribution is 0.103. The van der Waals surface area contributed by atoms with E-state index in [1.54, 1.807) is 0 Å². The number of piperazine rings is 1. The van der Waals surface area contributed by atoms with Crippen LogP contribution in [0.15, 0.2) is 16.7 Å². The van der Waals surface area contributed by atoms with Crippen LogP contribution in [-0.2, 0) is 12.4 Å². The standard InChI is InChI=1S/C14H19BrClN5/c1-19-3-4-20(2)11(8-19)9-21-13(6-16)18-12-5-10(15)7-17-14(12)21/h5,7,11H,3-4,6,8-9H2,1-2H3. The zero-order valence-electron chi connectivity index (χ0n) is 12.3. The summed E-state index contributed by atoms with van der Waals surface area (Å²) >= 11 is 9.52. The van der Waals surface area contributed by atoms with Crippen molar-refractivity contribution in [3.8, 4) is 0 Å². The third kappa shape index (κ3) is 3.08. The topological polar surface area (TPSA) is 37.2 Å². The molecule has 3 rings (SSSR count). The first kappa shape index (κ1) is 15.2. The number of rotatable bonds is 3. The van der Waals surface area contributed by atoms with Crippen LogP contribution in [0.3, 0.4) is 0 Å². The van der Waals surface area contributed by atoms with Crippen LogP contribution in [0.2, 0.25) is 0 Å². The Kier molecular flexibility index (Phi) is 4.49. The van der Waals surface area contributed by atoms with E-state index in [9.17, 15) is 0 Å². The first-order valence-electron chi connectivity index (χ1n) is 7.04. The number of pyridine rings is 1. The Morgan fingerprint density at radius 2 is 2.19 bits per heavy atom. The van der Waals surface area contributed by atoms with E-state index in [4.69, 9.17) is 11.6 Å². The van der Waals surface area contributed by atoms with E-state index in [0.717, 1.165) is 47.6 Å². The number of hydrogen-bond donors (Lipinski definition) is 0. The summed E-state index contributed by atoms with van der Waals surface area (Å²) in [4.78, 5) is 13.9. The van der Waals surface area contributed by atoms with Gasteiger partial charge in [-0.3, -0.25) is 4.90 Å². The summed E-state index contributed by atoms with van der Waals surface area (Å²) in [6.07, 6.45) is 1.81. The quantitative estimate of drug-likeness (QED) is 0.774. The van der Waals surface area contributed by atoms with Gasteiger partial charge in [-0.1, -0.05) is 0 Å². The van der Waals surface area contributed by atoms with Crippen molar-refractivity contribution in [2.75, 3.05) is 33.7 Å². The fraction of sp³-hybridized carbons (Fsp3) is 0.571. The molecule has 5 nitrogen and oxygen atoms in total. The molecule has 0 saturated carbocycles. The minimum atomic E-state index is 0.403. The number of halogens is 2. The van der Waals surface area contributed by atoms with Crippen molar-refractivity contribution in [2.45, 2.75) is 18.5 Å². The molecule has 1 aliphatic rings. The smallest absolute Gasteiger partial charge is 0.160 e. The highest BCUT2D eigenvalue weighted by molar-refractivity contribution is 9.10. The number of fused-ring (bicyclic) bond motifs is 1. The molecular weight excluding hydrogens is 354 g/mol. The van der Waals surface area contributed by atoms with E-state index < -0.39 is 0 Å². The maximum atomic E-state index is 6.08. The number of alkyl halides is 1. The lowest BCUT2D eigenvalue weighted by Crippen LogP contribution is -2.51. The van der Waals surface area contributed by atoms with Crippen LogP contribution in [0.5, 0.6) is 0 Å². The normalized spacial score (nSPS) is 21.2. The largest absolute Gasteiger partial charge is 0.310 e. The third-order valence-corrected chi connectivity index (χ3v) is 4.80. The van der Waals surface area contributed by atoms with Gasteiger partial charge in [0.25, 0.3) is 0 Å². The minimum Gasteiger partial charge on any atom is -0.310 e. The lowest BCUT2D eigenvalue weighted by Gasteiger charge is -2.38. The minimum absolute atomic E-state index is 0.403. The molecule has 2 aromatic heterocycles. The molecule has 0 spiro atoms. The van der Waals surface area contributed by atoms with Crippen molar-refractivity contribution in [3.05, 3.63) is 22.6 Å². The molecule has 1 saturated heterocycles. The summed E-state index contributed by atoms with van der Waals surface area (Å²) in [5.74, 6) is 1.29. The average Bonchev–Trinajstić information content (AvgIpc) is 2.80. The molecule has 0 radical (unpaired) electrons. The van der Waals surface area contributed by atoms with Gasteiger partial charge < -0.3 is 9.47 Å². The summed E-state index contributed by atoms with van der Waals surface area (Å²) < 4.78 is 3.10. The van der Waals surface area contributed by atoms with E-state index >= 15 is 0 Å². The first-order chi connectivity index (χ1) is 10.1. The second kappa shape index (κ2) is 6.20. The van der Waals surface area contributed by atoms with Crippen molar-refractivity contribution in [2.24, 2.45) is 0 Å². The highest BCUT2D eigenvalue weighted by atomic mass is 79.9. The van der Waals surface area contributed by atoms with Crippen LogP contribution in [0.25, 0.3) is 11.2 Å². The second-order valence-corrected chi connectivity index (χ2v) is 6.85. The Hall–Kier alpha value is -0.690. The maximum absolute atomic E-state index is 6.08. The first-order valence-corrected chi connectivity index (χ1v) is 8.36. The Labute approximate surface area is 138 Å². The zero-order valence-corrected chi connectivity index (χ0v) is 14.6.